The highest BCUT2D eigenvalue weighted by molar-refractivity contribution is 5.52. The summed E-state index contributed by atoms with van der Waals surface area (Å²) in [4.78, 5) is 1.03. The van der Waals surface area contributed by atoms with E-state index in [1.807, 2.05) is 6.07 Å². The minimum absolute atomic E-state index is 0.312. The van der Waals surface area contributed by atoms with Crippen molar-refractivity contribution in [2.75, 3.05) is 18.5 Å². The summed E-state index contributed by atoms with van der Waals surface area (Å²) in [6, 6.07) is 6.10. The van der Waals surface area contributed by atoms with Crippen LogP contribution in [0.2, 0.25) is 0 Å². The predicted molar refractivity (Wildman–Crippen MR) is 58.5 cm³/mol. The topological polar surface area (TPSA) is 53.0 Å². The lowest BCUT2D eigenvalue weighted by molar-refractivity contribution is -0.145. The van der Waals surface area contributed by atoms with Gasteiger partial charge in [0.1, 0.15) is 6.04 Å². The standard InChI is InChI=1S/C11H12F3N3/c1-17(10(7-16)11(12,13)14)9-4-2-3-8(5-9)6-15/h2-5,10H,7,16H2,1H3. The zero-order chi connectivity index (χ0) is 13.1. The van der Waals surface area contributed by atoms with Crippen LogP contribution in [0.5, 0.6) is 0 Å². The van der Waals surface area contributed by atoms with E-state index in [0.29, 0.717) is 11.3 Å². The molecule has 17 heavy (non-hydrogen) atoms. The minimum Gasteiger partial charge on any atom is -0.362 e. The number of benzene rings is 1. The molecule has 0 aliphatic carbocycles. The van der Waals surface area contributed by atoms with E-state index in [-0.39, 0.29) is 0 Å². The van der Waals surface area contributed by atoms with E-state index < -0.39 is 18.8 Å². The number of hydrogen-bond acceptors (Lipinski definition) is 3. The second-order valence-corrected chi connectivity index (χ2v) is 3.57. The Morgan fingerprint density at radius 3 is 2.59 bits per heavy atom. The van der Waals surface area contributed by atoms with Crippen LogP contribution in [0.4, 0.5) is 18.9 Å². The lowest BCUT2D eigenvalue weighted by Gasteiger charge is -2.30. The number of rotatable bonds is 3. The molecular formula is C11H12F3N3. The van der Waals surface area contributed by atoms with Gasteiger partial charge in [-0.05, 0) is 18.2 Å². The SMILES string of the molecule is CN(c1cccc(C#N)c1)C(CN)C(F)(F)F. The van der Waals surface area contributed by atoms with Crippen LogP contribution in [0, 0.1) is 11.3 Å². The van der Waals surface area contributed by atoms with Crippen LogP contribution in [0.3, 0.4) is 0 Å². The van der Waals surface area contributed by atoms with Crippen LogP contribution >= 0.6 is 0 Å². The van der Waals surface area contributed by atoms with Gasteiger partial charge in [0.25, 0.3) is 0 Å². The Bertz CT molecular complexity index is 423. The maximum absolute atomic E-state index is 12.7. The molecule has 1 rings (SSSR count). The summed E-state index contributed by atoms with van der Waals surface area (Å²) in [5.74, 6) is 0. The first-order valence-corrected chi connectivity index (χ1v) is 4.90. The average molecular weight is 243 g/mol. The first-order chi connectivity index (χ1) is 7.90. The van der Waals surface area contributed by atoms with E-state index in [9.17, 15) is 13.2 Å². The van der Waals surface area contributed by atoms with Crippen molar-refractivity contribution in [2.45, 2.75) is 12.2 Å². The molecule has 0 radical (unpaired) electrons. The molecule has 0 bridgehead atoms. The summed E-state index contributed by atoms with van der Waals surface area (Å²) < 4.78 is 38.0. The molecule has 0 spiro atoms. The third-order valence-corrected chi connectivity index (χ3v) is 2.45. The summed E-state index contributed by atoms with van der Waals surface area (Å²) in [5.41, 5.74) is 5.77. The molecular weight excluding hydrogens is 231 g/mol. The molecule has 0 fully saturated rings. The summed E-state index contributed by atoms with van der Waals surface area (Å²) in [6.07, 6.45) is -4.40. The molecule has 1 unspecified atom stereocenters. The molecule has 1 aromatic carbocycles. The minimum atomic E-state index is -4.40. The van der Waals surface area contributed by atoms with Gasteiger partial charge in [0.15, 0.2) is 0 Å². The third kappa shape index (κ3) is 3.11. The Balaban J connectivity index is 3.02. The monoisotopic (exact) mass is 243 g/mol. The Kier molecular flexibility index (Phi) is 3.97. The second kappa shape index (κ2) is 5.06. The maximum atomic E-state index is 12.7. The van der Waals surface area contributed by atoms with Crippen LogP contribution in [0.15, 0.2) is 24.3 Å². The molecule has 0 saturated carbocycles. The third-order valence-electron chi connectivity index (χ3n) is 2.45. The van der Waals surface area contributed by atoms with Crippen LogP contribution < -0.4 is 10.6 Å². The first-order valence-electron chi connectivity index (χ1n) is 4.90. The van der Waals surface area contributed by atoms with Crippen LogP contribution in [0.25, 0.3) is 0 Å². The molecule has 0 aliphatic rings. The van der Waals surface area contributed by atoms with Gasteiger partial charge in [-0.2, -0.15) is 18.4 Å². The number of likely N-dealkylation sites (N-methyl/N-ethyl adjacent to an activating group) is 1. The second-order valence-electron chi connectivity index (χ2n) is 3.57. The molecule has 1 aromatic rings. The van der Waals surface area contributed by atoms with E-state index in [4.69, 9.17) is 11.0 Å². The van der Waals surface area contributed by atoms with Gasteiger partial charge in [-0.3, -0.25) is 0 Å². The van der Waals surface area contributed by atoms with Crippen molar-refractivity contribution in [3.63, 3.8) is 0 Å². The fourth-order valence-electron chi connectivity index (χ4n) is 1.49. The largest absolute Gasteiger partial charge is 0.409 e. The van der Waals surface area contributed by atoms with Gasteiger partial charge < -0.3 is 10.6 Å². The number of nitrogens with zero attached hydrogens (tertiary/aromatic N) is 2. The number of anilines is 1. The van der Waals surface area contributed by atoms with Crippen molar-refractivity contribution < 1.29 is 13.2 Å². The lowest BCUT2D eigenvalue weighted by Crippen LogP contribution is -2.48. The highest BCUT2D eigenvalue weighted by Crippen LogP contribution is 2.27. The fraction of sp³-hybridized carbons (Fsp3) is 0.364. The summed E-state index contributed by atoms with van der Waals surface area (Å²) in [6.45, 7) is -0.531. The summed E-state index contributed by atoms with van der Waals surface area (Å²) in [7, 11) is 1.31. The zero-order valence-corrected chi connectivity index (χ0v) is 9.20. The number of nitriles is 1. The van der Waals surface area contributed by atoms with E-state index in [1.54, 1.807) is 0 Å². The van der Waals surface area contributed by atoms with Crippen LogP contribution in [-0.4, -0.2) is 25.8 Å². The van der Waals surface area contributed by atoms with Gasteiger partial charge >= 0.3 is 6.18 Å². The van der Waals surface area contributed by atoms with Gasteiger partial charge in [-0.15, -0.1) is 0 Å². The molecule has 3 nitrogen and oxygen atoms in total. The van der Waals surface area contributed by atoms with Gasteiger partial charge in [-0.25, -0.2) is 0 Å². The number of halogens is 3. The van der Waals surface area contributed by atoms with E-state index in [2.05, 4.69) is 0 Å². The zero-order valence-electron chi connectivity index (χ0n) is 9.20. The van der Waals surface area contributed by atoms with Crippen molar-refractivity contribution in [1.82, 2.24) is 0 Å². The molecule has 92 valence electrons. The smallest absolute Gasteiger partial charge is 0.362 e. The van der Waals surface area contributed by atoms with Crippen LogP contribution in [-0.2, 0) is 0 Å². The fourth-order valence-corrected chi connectivity index (χ4v) is 1.49. The molecule has 0 saturated heterocycles. The summed E-state index contributed by atoms with van der Waals surface area (Å²) >= 11 is 0. The number of hydrogen-bond donors (Lipinski definition) is 1. The van der Waals surface area contributed by atoms with E-state index in [1.165, 1.54) is 31.3 Å². The summed E-state index contributed by atoms with van der Waals surface area (Å²) in [5, 5.41) is 8.68. The van der Waals surface area contributed by atoms with Crippen molar-refractivity contribution in [3.8, 4) is 6.07 Å². The highest BCUT2D eigenvalue weighted by Gasteiger charge is 2.41. The van der Waals surface area contributed by atoms with Gasteiger partial charge in [-0.1, -0.05) is 6.07 Å². The normalized spacial score (nSPS) is 12.9. The van der Waals surface area contributed by atoms with Crippen molar-refractivity contribution >= 4 is 5.69 Å². The Morgan fingerprint density at radius 2 is 2.12 bits per heavy atom. The molecule has 2 N–H and O–H groups in total. The number of nitrogens with two attached hydrogens (primary N) is 1. The van der Waals surface area contributed by atoms with E-state index >= 15 is 0 Å². The molecule has 0 amide bonds. The highest BCUT2D eigenvalue weighted by atomic mass is 19.4. The Labute approximate surface area is 97.2 Å². The molecule has 0 aliphatic heterocycles. The van der Waals surface area contributed by atoms with E-state index in [0.717, 1.165) is 4.90 Å². The van der Waals surface area contributed by atoms with Gasteiger partial charge in [0.05, 0.1) is 11.6 Å². The lowest BCUT2D eigenvalue weighted by atomic mass is 10.1. The van der Waals surface area contributed by atoms with Gasteiger partial charge in [0.2, 0.25) is 0 Å². The van der Waals surface area contributed by atoms with Gasteiger partial charge in [0, 0.05) is 19.3 Å². The molecule has 0 heterocycles. The molecule has 1 atom stereocenters. The Morgan fingerprint density at radius 1 is 1.47 bits per heavy atom. The Hall–Kier alpha value is -1.74. The first kappa shape index (κ1) is 13.3. The van der Waals surface area contributed by atoms with Crippen molar-refractivity contribution in [1.29, 1.82) is 5.26 Å². The molecule has 6 heteroatoms. The molecule has 0 aromatic heterocycles. The quantitative estimate of drug-likeness (QED) is 0.881. The van der Waals surface area contributed by atoms with Crippen LogP contribution in [0.1, 0.15) is 5.56 Å². The average Bonchev–Trinajstić information content (AvgIpc) is 2.28. The predicted octanol–water partition coefficient (Wildman–Crippen LogP) is 1.88. The van der Waals surface area contributed by atoms with Crippen molar-refractivity contribution in [2.24, 2.45) is 5.73 Å². The van der Waals surface area contributed by atoms with Crippen molar-refractivity contribution in [3.05, 3.63) is 29.8 Å². The number of alkyl halides is 3. The maximum Gasteiger partial charge on any atom is 0.409 e.